The summed E-state index contributed by atoms with van der Waals surface area (Å²) in [4.78, 5) is 23.4. The normalized spacial score (nSPS) is 12.2. The molecule has 0 heterocycles. The first-order valence-corrected chi connectivity index (χ1v) is 16.3. The molecule has 5 rings (SSSR count). The number of fused-ring (bicyclic) bond motifs is 2. The summed E-state index contributed by atoms with van der Waals surface area (Å²) >= 11 is 6.05. The summed E-state index contributed by atoms with van der Waals surface area (Å²) in [6.07, 6.45) is -2.83. The Labute approximate surface area is 282 Å². The van der Waals surface area contributed by atoms with Gasteiger partial charge >= 0.3 is 12.1 Å². The summed E-state index contributed by atoms with van der Waals surface area (Å²) in [6, 6.07) is 39.6. The van der Waals surface area contributed by atoms with Crippen LogP contribution < -0.4 is 16.8 Å². The van der Waals surface area contributed by atoms with Gasteiger partial charge in [-0.15, -0.1) is 0 Å². The molecule has 248 valence electrons. The molecule has 0 saturated carbocycles. The molecule has 0 saturated heterocycles. The van der Waals surface area contributed by atoms with Gasteiger partial charge in [-0.3, -0.25) is 4.79 Å². The zero-order chi connectivity index (χ0) is 34.2. The third-order valence-corrected chi connectivity index (χ3v) is 8.30. The van der Waals surface area contributed by atoms with Crippen molar-refractivity contribution in [2.75, 3.05) is 12.3 Å². The van der Waals surface area contributed by atoms with Crippen LogP contribution in [0.4, 0.5) is 13.2 Å². The van der Waals surface area contributed by atoms with E-state index in [1.54, 1.807) is 0 Å². The van der Waals surface area contributed by atoms with E-state index in [0.717, 1.165) is 18.4 Å². The van der Waals surface area contributed by atoms with Crippen LogP contribution in [0.15, 0.2) is 125 Å². The standard InChI is InChI=1S/C20H14S.C14H23N3OS.C2HF3O2/c1-3-7-17-13-19(11-9-15(17)5-1)21-20-12-10-16-6-2-4-8-18(16)14-20;15-8-4-7-12(10-19)17-14(18)13(16)9-11-5-2-1-3-6-11;3-2(4,5)1(6)7/h1-14H;1-3,5-6,12-13,19H,4,7-10,15-16H2,(H,17,18);(H,6,7)/t;12-,13-;/m.0./s1. The Hall–Kier alpha value is -4.03. The number of hydrogen-bond donors (Lipinski definition) is 5. The molecular weight excluding hydrogens is 644 g/mol. The van der Waals surface area contributed by atoms with E-state index < -0.39 is 18.2 Å². The highest BCUT2D eigenvalue weighted by atomic mass is 32.2. The van der Waals surface area contributed by atoms with Crippen LogP contribution in [0.1, 0.15) is 18.4 Å². The number of halogens is 3. The molecule has 0 fully saturated rings. The fraction of sp³-hybridized carbons (Fsp3) is 0.222. The second kappa shape index (κ2) is 19.0. The maximum atomic E-state index is 12.0. The molecule has 6 N–H and O–H groups in total. The fourth-order valence-corrected chi connectivity index (χ4v) is 5.63. The Morgan fingerprint density at radius 3 is 1.70 bits per heavy atom. The first-order valence-electron chi connectivity index (χ1n) is 14.9. The number of thiol groups is 1. The number of benzene rings is 5. The number of carbonyl (C=O) groups excluding carboxylic acids is 1. The maximum absolute atomic E-state index is 12.0. The Bertz CT molecular complexity index is 1640. The first kappa shape index (κ1) is 37.4. The van der Waals surface area contributed by atoms with Crippen molar-refractivity contribution >= 4 is 57.8 Å². The lowest BCUT2D eigenvalue weighted by Gasteiger charge is -2.19. The zero-order valence-electron chi connectivity index (χ0n) is 25.6. The Morgan fingerprint density at radius 1 is 0.787 bits per heavy atom. The van der Waals surface area contributed by atoms with E-state index in [-0.39, 0.29) is 11.9 Å². The quantitative estimate of drug-likeness (QED) is 0.0976. The third kappa shape index (κ3) is 12.9. The van der Waals surface area contributed by atoms with Crippen LogP contribution in [0.5, 0.6) is 0 Å². The third-order valence-electron chi connectivity index (χ3n) is 6.88. The summed E-state index contributed by atoms with van der Waals surface area (Å²) in [5.41, 5.74) is 12.4. The van der Waals surface area contributed by atoms with Gasteiger partial charge in [0.05, 0.1) is 6.04 Å². The SMILES string of the molecule is NCCC[C@@H](CS)NC(=O)[C@@H](N)Cc1ccccc1.O=C(O)C(F)(F)F.c1ccc2cc(Sc3ccc4ccccc4c3)ccc2c1. The number of aliphatic carboxylic acids is 1. The Kier molecular flexibility index (Phi) is 15.1. The topological polar surface area (TPSA) is 118 Å². The lowest BCUT2D eigenvalue weighted by Crippen LogP contribution is -2.47. The van der Waals surface area contributed by atoms with Crippen LogP contribution in [0.3, 0.4) is 0 Å². The largest absolute Gasteiger partial charge is 0.490 e. The van der Waals surface area contributed by atoms with Gasteiger partial charge in [0.25, 0.3) is 0 Å². The lowest BCUT2D eigenvalue weighted by atomic mass is 10.1. The first-order chi connectivity index (χ1) is 22.5. The van der Waals surface area contributed by atoms with Gasteiger partial charge in [0.2, 0.25) is 5.91 Å². The Morgan fingerprint density at radius 2 is 1.26 bits per heavy atom. The second-order valence-corrected chi connectivity index (χ2v) is 12.1. The average molecular weight is 682 g/mol. The molecule has 0 unspecified atom stereocenters. The summed E-state index contributed by atoms with van der Waals surface area (Å²) in [6.45, 7) is 0.621. The summed E-state index contributed by atoms with van der Waals surface area (Å²) < 4.78 is 31.7. The molecule has 0 aliphatic carbocycles. The van der Waals surface area contributed by atoms with Gasteiger partial charge in [0, 0.05) is 21.6 Å². The van der Waals surface area contributed by atoms with Crippen molar-refractivity contribution in [2.24, 2.45) is 11.5 Å². The summed E-state index contributed by atoms with van der Waals surface area (Å²) in [5.74, 6) is -2.28. The van der Waals surface area contributed by atoms with Gasteiger partial charge in [0.15, 0.2) is 0 Å². The number of nitrogens with two attached hydrogens (primary N) is 2. The van der Waals surface area contributed by atoms with Gasteiger partial charge in [-0.05, 0) is 77.2 Å². The Balaban J connectivity index is 0.000000215. The van der Waals surface area contributed by atoms with E-state index >= 15 is 0 Å². The van der Waals surface area contributed by atoms with Gasteiger partial charge in [-0.2, -0.15) is 25.8 Å². The van der Waals surface area contributed by atoms with E-state index in [1.165, 1.54) is 31.3 Å². The minimum atomic E-state index is -5.08. The molecule has 5 aromatic carbocycles. The molecule has 2 atom stereocenters. The number of carbonyl (C=O) groups is 2. The van der Waals surface area contributed by atoms with E-state index in [4.69, 9.17) is 21.4 Å². The maximum Gasteiger partial charge on any atom is 0.490 e. The molecular formula is C36H38F3N3O3S2. The summed E-state index contributed by atoms with van der Waals surface area (Å²) in [5, 5.41) is 15.2. The van der Waals surface area contributed by atoms with Crippen molar-refractivity contribution in [3.63, 3.8) is 0 Å². The van der Waals surface area contributed by atoms with Crippen LogP contribution in [0.25, 0.3) is 21.5 Å². The molecule has 0 spiro atoms. The van der Waals surface area contributed by atoms with Crippen LogP contribution in [0.2, 0.25) is 0 Å². The molecule has 0 radical (unpaired) electrons. The fourth-order valence-electron chi connectivity index (χ4n) is 4.44. The van der Waals surface area contributed by atoms with Gasteiger partial charge in [-0.1, -0.05) is 103 Å². The molecule has 11 heteroatoms. The number of amides is 1. The average Bonchev–Trinajstić information content (AvgIpc) is 3.07. The van der Waals surface area contributed by atoms with Gasteiger partial charge in [0.1, 0.15) is 0 Å². The van der Waals surface area contributed by atoms with Crippen molar-refractivity contribution in [3.05, 3.63) is 121 Å². The van der Waals surface area contributed by atoms with E-state index in [2.05, 4.69) is 103 Å². The number of alkyl halides is 3. The molecule has 1 amide bonds. The monoisotopic (exact) mass is 681 g/mol. The van der Waals surface area contributed by atoms with Crippen molar-refractivity contribution < 1.29 is 27.9 Å². The van der Waals surface area contributed by atoms with Crippen molar-refractivity contribution in [1.82, 2.24) is 5.32 Å². The number of carboxylic acids is 1. The van der Waals surface area contributed by atoms with E-state index in [1.807, 2.05) is 42.1 Å². The lowest BCUT2D eigenvalue weighted by molar-refractivity contribution is -0.192. The number of hydrogen-bond acceptors (Lipinski definition) is 6. The molecule has 0 aliphatic heterocycles. The minimum Gasteiger partial charge on any atom is -0.475 e. The number of rotatable bonds is 10. The van der Waals surface area contributed by atoms with Crippen LogP contribution >= 0.6 is 24.4 Å². The molecule has 0 aromatic heterocycles. The predicted molar refractivity (Wildman–Crippen MR) is 188 cm³/mol. The highest BCUT2D eigenvalue weighted by molar-refractivity contribution is 7.99. The second-order valence-electron chi connectivity index (χ2n) is 10.5. The smallest absolute Gasteiger partial charge is 0.475 e. The summed E-state index contributed by atoms with van der Waals surface area (Å²) in [7, 11) is 0. The molecule has 6 nitrogen and oxygen atoms in total. The molecule has 5 aromatic rings. The minimum absolute atomic E-state index is 0.0428. The van der Waals surface area contributed by atoms with Crippen LogP contribution in [0, 0.1) is 0 Å². The predicted octanol–water partition coefficient (Wildman–Crippen LogP) is 7.49. The van der Waals surface area contributed by atoms with Gasteiger partial charge < -0.3 is 21.9 Å². The highest BCUT2D eigenvalue weighted by Gasteiger charge is 2.38. The van der Waals surface area contributed by atoms with Crippen molar-refractivity contribution in [3.8, 4) is 0 Å². The van der Waals surface area contributed by atoms with Gasteiger partial charge in [-0.25, -0.2) is 4.79 Å². The molecule has 0 aliphatic rings. The van der Waals surface area contributed by atoms with Crippen LogP contribution in [-0.2, 0) is 16.0 Å². The number of carboxylic acid groups (broad SMARTS) is 1. The van der Waals surface area contributed by atoms with Crippen LogP contribution in [-0.4, -0.2) is 47.5 Å². The highest BCUT2D eigenvalue weighted by Crippen LogP contribution is 2.32. The number of nitrogens with one attached hydrogen (secondary N) is 1. The van der Waals surface area contributed by atoms with E-state index in [0.29, 0.717) is 18.7 Å². The van der Waals surface area contributed by atoms with E-state index in [9.17, 15) is 18.0 Å². The van der Waals surface area contributed by atoms with Crippen molar-refractivity contribution in [1.29, 1.82) is 0 Å². The van der Waals surface area contributed by atoms with Crippen molar-refractivity contribution in [2.45, 2.75) is 47.3 Å². The molecule has 0 bridgehead atoms. The zero-order valence-corrected chi connectivity index (χ0v) is 27.3. The molecule has 47 heavy (non-hydrogen) atoms.